The Morgan fingerprint density at radius 3 is 2.56 bits per heavy atom. The van der Waals surface area contributed by atoms with Gasteiger partial charge in [0.05, 0.1) is 10.6 Å². The van der Waals surface area contributed by atoms with Gasteiger partial charge in [-0.2, -0.15) is 0 Å². The number of hydrogen-bond donors (Lipinski definition) is 1. The van der Waals surface area contributed by atoms with Crippen molar-refractivity contribution in [2.24, 2.45) is 0 Å². The van der Waals surface area contributed by atoms with Crippen LogP contribution in [0, 0.1) is 5.82 Å². The second-order valence-corrected chi connectivity index (χ2v) is 10.4. The fourth-order valence-corrected chi connectivity index (χ4v) is 5.79. The van der Waals surface area contributed by atoms with Crippen LogP contribution in [-0.4, -0.2) is 55.4 Å². The van der Waals surface area contributed by atoms with Crippen molar-refractivity contribution in [1.29, 1.82) is 0 Å². The summed E-state index contributed by atoms with van der Waals surface area (Å²) in [5.74, 6) is -0.936. The first kappa shape index (κ1) is 22.2. The average molecular weight is 498 g/mol. The summed E-state index contributed by atoms with van der Waals surface area (Å²) in [5, 5.41) is 0.869. The van der Waals surface area contributed by atoms with Crippen molar-refractivity contribution in [3.8, 4) is 0 Å². The molecule has 34 heavy (non-hydrogen) atoms. The molecule has 1 aliphatic rings. The summed E-state index contributed by atoms with van der Waals surface area (Å²) in [6, 6.07) is 15.1. The number of fused-ring (bicyclic) bond motifs is 1. The van der Waals surface area contributed by atoms with Gasteiger partial charge in [0.2, 0.25) is 0 Å². The molecular weight excluding hydrogens is 477 g/mol. The Kier molecular flexibility index (Phi) is 5.88. The highest BCUT2D eigenvalue weighted by molar-refractivity contribution is 7.92. The number of anilines is 2. The number of pyridine rings is 1. The second-order valence-electron chi connectivity index (χ2n) is 7.72. The maximum atomic E-state index is 13.9. The molecule has 2 aromatic carbocycles. The number of hydrogen-bond acceptors (Lipinski definition) is 7. The number of rotatable bonds is 5. The molecule has 0 bridgehead atoms. The first-order valence-corrected chi connectivity index (χ1v) is 12.8. The van der Waals surface area contributed by atoms with E-state index in [1.54, 1.807) is 17.2 Å². The van der Waals surface area contributed by atoms with Gasteiger partial charge in [0.15, 0.2) is 5.13 Å². The van der Waals surface area contributed by atoms with Gasteiger partial charge in [0, 0.05) is 37.9 Å². The Labute approximate surface area is 199 Å². The predicted octanol–water partition coefficient (Wildman–Crippen LogP) is 3.59. The number of benzene rings is 2. The molecule has 3 heterocycles. The quantitative estimate of drug-likeness (QED) is 0.453. The van der Waals surface area contributed by atoms with Gasteiger partial charge in [0.25, 0.3) is 15.9 Å². The van der Waals surface area contributed by atoms with Gasteiger partial charge < -0.3 is 9.80 Å². The van der Waals surface area contributed by atoms with Crippen molar-refractivity contribution in [2.45, 2.75) is 4.90 Å². The second kappa shape index (κ2) is 8.99. The van der Waals surface area contributed by atoms with Gasteiger partial charge in [-0.25, -0.2) is 22.8 Å². The van der Waals surface area contributed by atoms with Crippen LogP contribution in [0.1, 0.15) is 10.4 Å². The average Bonchev–Trinajstić information content (AvgIpc) is 3.29. The van der Waals surface area contributed by atoms with Crippen LogP contribution in [0.4, 0.5) is 15.2 Å². The summed E-state index contributed by atoms with van der Waals surface area (Å²) in [5.41, 5.74) is 0.956. The molecule has 8 nitrogen and oxygen atoms in total. The third-order valence-corrected chi connectivity index (χ3v) is 7.91. The Hall–Kier alpha value is -3.57. The number of nitrogens with zero attached hydrogens (tertiary/aromatic N) is 4. The number of aromatic nitrogens is 2. The fourth-order valence-electron chi connectivity index (χ4n) is 3.72. The largest absolute Gasteiger partial charge is 0.344 e. The van der Waals surface area contributed by atoms with E-state index < -0.39 is 15.8 Å². The summed E-state index contributed by atoms with van der Waals surface area (Å²) < 4.78 is 41.7. The standard InChI is InChI=1S/C23H20FN5O3S2/c24-18-7-1-2-8-19(18)27-34(31,32)17-6-3-5-16(15-17)22(30)28-11-13-29(14-12-28)23-26-20-9-4-10-25-21(20)33-23/h1-10,15,27H,11-14H2. The Balaban J connectivity index is 1.28. The molecule has 1 aliphatic heterocycles. The lowest BCUT2D eigenvalue weighted by Crippen LogP contribution is -2.48. The third-order valence-electron chi connectivity index (χ3n) is 5.50. The molecule has 1 N–H and O–H groups in total. The number of thiazole rings is 1. The van der Waals surface area contributed by atoms with Crippen LogP contribution >= 0.6 is 11.3 Å². The molecule has 0 aliphatic carbocycles. The molecule has 0 radical (unpaired) electrons. The molecule has 0 saturated carbocycles. The maximum absolute atomic E-state index is 13.9. The van der Waals surface area contributed by atoms with Crippen molar-refractivity contribution >= 4 is 48.4 Å². The van der Waals surface area contributed by atoms with E-state index >= 15 is 0 Å². The van der Waals surface area contributed by atoms with E-state index in [9.17, 15) is 17.6 Å². The highest BCUT2D eigenvalue weighted by Gasteiger charge is 2.25. The SMILES string of the molecule is O=C(c1cccc(S(=O)(=O)Nc2ccccc2F)c1)N1CCN(c2nc3cccnc3s2)CC1. The summed E-state index contributed by atoms with van der Waals surface area (Å²) in [6.45, 7) is 2.18. The van der Waals surface area contributed by atoms with Crippen LogP contribution in [0.2, 0.25) is 0 Å². The molecule has 1 amide bonds. The summed E-state index contributed by atoms with van der Waals surface area (Å²) >= 11 is 1.52. The zero-order chi connectivity index (χ0) is 23.7. The van der Waals surface area contributed by atoms with Crippen molar-refractivity contribution < 1.29 is 17.6 Å². The van der Waals surface area contributed by atoms with Crippen LogP contribution in [0.5, 0.6) is 0 Å². The van der Waals surface area contributed by atoms with E-state index in [1.165, 1.54) is 53.8 Å². The monoisotopic (exact) mass is 497 g/mol. The predicted molar refractivity (Wildman–Crippen MR) is 129 cm³/mol. The lowest BCUT2D eigenvalue weighted by atomic mass is 10.2. The topological polar surface area (TPSA) is 95.5 Å². The zero-order valence-electron chi connectivity index (χ0n) is 17.9. The Morgan fingerprint density at radius 2 is 1.79 bits per heavy atom. The molecule has 1 fully saturated rings. The molecule has 2 aromatic heterocycles. The first-order chi connectivity index (χ1) is 16.4. The molecule has 0 unspecified atom stereocenters. The van der Waals surface area contributed by atoms with Crippen molar-refractivity contribution in [1.82, 2.24) is 14.9 Å². The van der Waals surface area contributed by atoms with Crippen LogP contribution in [0.3, 0.4) is 0 Å². The highest BCUT2D eigenvalue weighted by atomic mass is 32.2. The van der Waals surface area contributed by atoms with E-state index in [2.05, 4.69) is 19.6 Å². The molecule has 4 aromatic rings. The molecule has 1 saturated heterocycles. The Bertz CT molecular complexity index is 1430. The van der Waals surface area contributed by atoms with Gasteiger partial charge in [-0.15, -0.1) is 0 Å². The van der Waals surface area contributed by atoms with Gasteiger partial charge >= 0.3 is 0 Å². The van der Waals surface area contributed by atoms with E-state index in [4.69, 9.17) is 0 Å². The van der Waals surface area contributed by atoms with Crippen molar-refractivity contribution in [3.05, 3.63) is 78.2 Å². The van der Waals surface area contributed by atoms with Crippen molar-refractivity contribution in [3.63, 3.8) is 0 Å². The number of halogens is 1. The lowest BCUT2D eigenvalue weighted by Gasteiger charge is -2.34. The Morgan fingerprint density at radius 1 is 1.00 bits per heavy atom. The molecule has 0 atom stereocenters. The molecular formula is C23H20FN5O3S2. The van der Waals surface area contributed by atoms with Crippen LogP contribution in [0.25, 0.3) is 10.3 Å². The molecule has 174 valence electrons. The highest BCUT2D eigenvalue weighted by Crippen LogP contribution is 2.28. The van der Waals surface area contributed by atoms with Crippen LogP contribution < -0.4 is 9.62 Å². The van der Waals surface area contributed by atoms with E-state index in [0.717, 1.165) is 15.5 Å². The summed E-state index contributed by atoms with van der Waals surface area (Å²) in [6.07, 6.45) is 1.74. The van der Waals surface area contributed by atoms with E-state index in [0.29, 0.717) is 26.2 Å². The number of carbonyl (C=O) groups is 1. The lowest BCUT2D eigenvalue weighted by molar-refractivity contribution is 0.0746. The number of amides is 1. The number of para-hydroxylation sites is 1. The number of nitrogens with one attached hydrogen (secondary N) is 1. The smallest absolute Gasteiger partial charge is 0.262 e. The fraction of sp³-hybridized carbons (Fsp3) is 0.174. The van der Waals surface area contributed by atoms with Gasteiger partial charge in [0.1, 0.15) is 16.2 Å². The molecule has 0 spiro atoms. The van der Waals surface area contributed by atoms with E-state index in [-0.39, 0.29) is 22.1 Å². The molecule has 5 rings (SSSR count). The zero-order valence-corrected chi connectivity index (χ0v) is 19.5. The summed E-state index contributed by atoms with van der Waals surface area (Å²) in [7, 11) is -4.06. The van der Waals surface area contributed by atoms with Gasteiger partial charge in [-0.05, 0) is 42.5 Å². The maximum Gasteiger partial charge on any atom is 0.262 e. The van der Waals surface area contributed by atoms with E-state index in [1.807, 2.05) is 12.1 Å². The number of piperazine rings is 1. The minimum atomic E-state index is -4.06. The minimum Gasteiger partial charge on any atom is -0.344 e. The minimum absolute atomic E-state index is 0.109. The van der Waals surface area contributed by atoms with Gasteiger partial charge in [-0.1, -0.05) is 29.5 Å². The number of carbonyl (C=O) groups excluding carboxylic acids is 1. The third kappa shape index (κ3) is 4.44. The number of sulfonamides is 1. The molecule has 11 heteroatoms. The normalized spacial score (nSPS) is 14.4. The van der Waals surface area contributed by atoms with Crippen LogP contribution in [-0.2, 0) is 10.0 Å². The van der Waals surface area contributed by atoms with Crippen molar-refractivity contribution in [2.75, 3.05) is 35.8 Å². The van der Waals surface area contributed by atoms with Gasteiger partial charge in [-0.3, -0.25) is 9.52 Å². The van der Waals surface area contributed by atoms with Crippen LogP contribution in [0.15, 0.2) is 71.8 Å². The summed E-state index contributed by atoms with van der Waals surface area (Å²) in [4.78, 5) is 26.6. The first-order valence-electron chi connectivity index (χ1n) is 10.5.